The molecule has 3 rings (SSSR count). The first-order valence-electron chi connectivity index (χ1n) is 7.17. The Morgan fingerprint density at radius 1 is 1.30 bits per heavy atom. The lowest BCUT2D eigenvalue weighted by Crippen LogP contribution is -2.29. The van der Waals surface area contributed by atoms with Crippen LogP contribution in [0.15, 0.2) is 41.2 Å². The van der Waals surface area contributed by atoms with Crippen LogP contribution >= 0.6 is 0 Å². The normalized spacial score (nSPS) is 14.4. The van der Waals surface area contributed by atoms with E-state index in [1.54, 1.807) is 4.68 Å². The van der Waals surface area contributed by atoms with Gasteiger partial charge in [-0.05, 0) is 25.8 Å². The van der Waals surface area contributed by atoms with Gasteiger partial charge in [-0.2, -0.15) is 5.10 Å². The predicted octanol–water partition coefficient (Wildman–Crippen LogP) is 2.18. The van der Waals surface area contributed by atoms with Crippen molar-refractivity contribution >= 4 is 0 Å². The molecule has 20 heavy (non-hydrogen) atoms. The number of rotatable bonds is 5. The number of aryl methyl sites for hydroxylation is 1. The second-order valence-electron chi connectivity index (χ2n) is 5.20. The second-order valence-corrected chi connectivity index (χ2v) is 5.20. The molecule has 1 aliphatic carbocycles. The van der Waals surface area contributed by atoms with E-state index in [-0.39, 0.29) is 5.56 Å². The highest BCUT2D eigenvalue weighted by molar-refractivity contribution is 5.58. The zero-order valence-corrected chi connectivity index (χ0v) is 11.7. The van der Waals surface area contributed by atoms with Gasteiger partial charge in [0, 0.05) is 30.3 Å². The Bertz CT molecular complexity index is 645. The van der Waals surface area contributed by atoms with Gasteiger partial charge in [0.25, 0.3) is 5.56 Å². The van der Waals surface area contributed by atoms with Gasteiger partial charge >= 0.3 is 0 Å². The van der Waals surface area contributed by atoms with E-state index >= 15 is 0 Å². The van der Waals surface area contributed by atoms with Crippen molar-refractivity contribution in [1.29, 1.82) is 0 Å². The average molecular weight is 269 g/mol. The summed E-state index contributed by atoms with van der Waals surface area (Å²) < 4.78 is 1.55. The molecule has 1 aliphatic rings. The lowest BCUT2D eigenvalue weighted by Gasteiger charge is -2.10. The molecule has 0 amide bonds. The van der Waals surface area contributed by atoms with Crippen molar-refractivity contribution in [3.8, 4) is 11.3 Å². The Morgan fingerprint density at radius 3 is 2.70 bits per heavy atom. The fraction of sp³-hybridized carbons (Fsp3) is 0.375. The maximum Gasteiger partial charge on any atom is 0.271 e. The quantitative estimate of drug-likeness (QED) is 0.905. The van der Waals surface area contributed by atoms with Gasteiger partial charge in [0.1, 0.15) is 0 Å². The van der Waals surface area contributed by atoms with Crippen LogP contribution in [0, 0.1) is 0 Å². The first kappa shape index (κ1) is 13.1. The molecule has 1 aromatic carbocycles. The summed E-state index contributed by atoms with van der Waals surface area (Å²) in [7, 11) is 0. The molecule has 1 saturated carbocycles. The summed E-state index contributed by atoms with van der Waals surface area (Å²) in [4.78, 5) is 12.3. The highest BCUT2D eigenvalue weighted by Crippen LogP contribution is 2.20. The largest absolute Gasteiger partial charge is 0.310 e. The van der Waals surface area contributed by atoms with Crippen LogP contribution in [-0.4, -0.2) is 15.8 Å². The average Bonchev–Trinajstić information content (AvgIpc) is 3.31. The molecule has 104 valence electrons. The SMILES string of the molecule is CCn1nc(-c2ccccc2)cc(CNC2CC2)c1=O. The Labute approximate surface area is 118 Å². The van der Waals surface area contributed by atoms with Crippen LogP contribution in [0.3, 0.4) is 0 Å². The van der Waals surface area contributed by atoms with E-state index in [9.17, 15) is 4.79 Å². The van der Waals surface area contributed by atoms with Crippen molar-refractivity contribution in [2.24, 2.45) is 0 Å². The smallest absolute Gasteiger partial charge is 0.271 e. The number of nitrogens with one attached hydrogen (secondary N) is 1. The van der Waals surface area contributed by atoms with Crippen molar-refractivity contribution in [3.05, 3.63) is 52.3 Å². The highest BCUT2D eigenvalue weighted by Gasteiger charge is 2.21. The summed E-state index contributed by atoms with van der Waals surface area (Å²) in [5, 5.41) is 7.84. The third kappa shape index (κ3) is 2.80. The summed E-state index contributed by atoms with van der Waals surface area (Å²) in [5.74, 6) is 0. The molecule has 0 saturated heterocycles. The van der Waals surface area contributed by atoms with Crippen molar-refractivity contribution < 1.29 is 0 Å². The predicted molar refractivity (Wildman–Crippen MR) is 79.5 cm³/mol. The minimum atomic E-state index is 0.0142. The van der Waals surface area contributed by atoms with Gasteiger partial charge in [-0.15, -0.1) is 0 Å². The lowest BCUT2D eigenvalue weighted by atomic mass is 10.1. The van der Waals surface area contributed by atoms with Crippen molar-refractivity contribution in [2.45, 2.75) is 38.9 Å². The molecule has 1 fully saturated rings. The van der Waals surface area contributed by atoms with Crippen LogP contribution in [0.2, 0.25) is 0 Å². The lowest BCUT2D eigenvalue weighted by molar-refractivity contribution is 0.596. The molecule has 1 N–H and O–H groups in total. The van der Waals surface area contributed by atoms with Gasteiger partial charge in [-0.1, -0.05) is 30.3 Å². The topological polar surface area (TPSA) is 46.9 Å². The minimum Gasteiger partial charge on any atom is -0.310 e. The molecule has 2 aromatic rings. The van der Waals surface area contributed by atoms with E-state index in [1.807, 2.05) is 43.3 Å². The molecule has 1 heterocycles. The molecule has 0 aliphatic heterocycles. The van der Waals surface area contributed by atoms with E-state index in [0.717, 1.165) is 16.8 Å². The summed E-state index contributed by atoms with van der Waals surface area (Å²) >= 11 is 0. The first-order valence-corrected chi connectivity index (χ1v) is 7.17. The Balaban J connectivity index is 1.97. The van der Waals surface area contributed by atoms with Crippen LogP contribution in [0.1, 0.15) is 25.3 Å². The second kappa shape index (κ2) is 5.59. The molecule has 4 nitrogen and oxygen atoms in total. The molecule has 4 heteroatoms. The maximum absolute atomic E-state index is 12.3. The van der Waals surface area contributed by atoms with E-state index in [2.05, 4.69) is 10.4 Å². The van der Waals surface area contributed by atoms with Gasteiger partial charge in [-0.3, -0.25) is 4.79 Å². The monoisotopic (exact) mass is 269 g/mol. The summed E-state index contributed by atoms with van der Waals surface area (Å²) in [5.41, 5.74) is 2.72. The molecule has 0 atom stereocenters. The molecule has 0 bridgehead atoms. The number of hydrogen-bond acceptors (Lipinski definition) is 3. The molecule has 0 radical (unpaired) electrons. The first-order chi connectivity index (χ1) is 9.78. The molecule has 1 aromatic heterocycles. The number of aromatic nitrogens is 2. The van der Waals surface area contributed by atoms with Crippen LogP contribution in [0.25, 0.3) is 11.3 Å². The highest BCUT2D eigenvalue weighted by atomic mass is 16.1. The summed E-state index contributed by atoms with van der Waals surface area (Å²) in [6.07, 6.45) is 2.44. The van der Waals surface area contributed by atoms with E-state index in [1.165, 1.54) is 12.8 Å². The van der Waals surface area contributed by atoms with Gasteiger partial charge in [0.05, 0.1) is 5.69 Å². The molecular weight excluding hydrogens is 250 g/mol. The van der Waals surface area contributed by atoms with Gasteiger partial charge in [-0.25, -0.2) is 4.68 Å². The van der Waals surface area contributed by atoms with Crippen LogP contribution < -0.4 is 10.9 Å². The molecule has 0 unspecified atom stereocenters. The number of hydrogen-bond donors (Lipinski definition) is 1. The van der Waals surface area contributed by atoms with Crippen molar-refractivity contribution in [2.75, 3.05) is 0 Å². The zero-order chi connectivity index (χ0) is 13.9. The van der Waals surface area contributed by atoms with Crippen LogP contribution in [-0.2, 0) is 13.1 Å². The van der Waals surface area contributed by atoms with Crippen molar-refractivity contribution in [3.63, 3.8) is 0 Å². The third-order valence-corrected chi connectivity index (χ3v) is 3.58. The Hall–Kier alpha value is -1.94. The molecular formula is C16H19N3O. The van der Waals surface area contributed by atoms with Crippen LogP contribution in [0.4, 0.5) is 0 Å². The van der Waals surface area contributed by atoms with E-state index in [0.29, 0.717) is 19.1 Å². The van der Waals surface area contributed by atoms with Gasteiger partial charge in [0.2, 0.25) is 0 Å². The fourth-order valence-corrected chi connectivity index (χ4v) is 2.23. The number of nitrogens with zero attached hydrogens (tertiary/aromatic N) is 2. The Kier molecular flexibility index (Phi) is 3.65. The van der Waals surface area contributed by atoms with Gasteiger partial charge in [0.15, 0.2) is 0 Å². The van der Waals surface area contributed by atoms with E-state index in [4.69, 9.17) is 0 Å². The Morgan fingerprint density at radius 2 is 2.05 bits per heavy atom. The zero-order valence-electron chi connectivity index (χ0n) is 11.7. The van der Waals surface area contributed by atoms with Gasteiger partial charge < -0.3 is 5.32 Å². The summed E-state index contributed by atoms with van der Waals surface area (Å²) in [6.45, 7) is 3.17. The maximum atomic E-state index is 12.3. The minimum absolute atomic E-state index is 0.0142. The fourth-order valence-electron chi connectivity index (χ4n) is 2.23. The van der Waals surface area contributed by atoms with E-state index < -0.39 is 0 Å². The standard InChI is InChI=1S/C16H19N3O/c1-2-19-16(20)13(11-17-14-8-9-14)10-15(18-19)12-6-4-3-5-7-12/h3-7,10,14,17H,2,8-9,11H2,1H3. The molecule has 0 spiro atoms. The van der Waals surface area contributed by atoms with Crippen molar-refractivity contribution in [1.82, 2.24) is 15.1 Å². The number of benzene rings is 1. The third-order valence-electron chi connectivity index (χ3n) is 3.58. The van der Waals surface area contributed by atoms with Crippen LogP contribution in [0.5, 0.6) is 0 Å². The summed E-state index contributed by atoms with van der Waals surface area (Å²) in [6, 6.07) is 12.5.